The number of nitrogens with one attached hydrogen (secondary N) is 1. The van der Waals surface area contributed by atoms with E-state index in [1.54, 1.807) is 12.1 Å². The predicted octanol–water partition coefficient (Wildman–Crippen LogP) is 3.23. The van der Waals surface area contributed by atoms with Gasteiger partial charge in [-0.2, -0.15) is 4.31 Å². The van der Waals surface area contributed by atoms with Crippen molar-refractivity contribution < 1.29 is 13.2 Å². The molecule has 0 aliphatic carbocycles. The van der Waals surface area contributed by atoms with Gasteiger partial charge in [0.1, 0.15) is 0 Å². The average molecular weight is 472 g/mol. The summed E-state index contributed by atoms with van der Waals surface area (Å²) in [6, 6.07) is 13.3. The molecule has 0 radical (unpaired) electrons. The molecule has 32 heavy (non-hydrogen) atoms. The van der Waals surface area contributed by atoms with Gasteiger partial charge in [-0.3, -0.25) is 10.1 Å². The highest BCUT2D eigenvalue weighted by atomic mass is 32.2. The van der Waals surface area contributed by atoms with E-state index in [1.807, 2.05) is 25.1 Å². The summed E-state index contributed by atoms with van der Waals surface area (Å²) in [6.45, 7) is 8.01. The number of rotatable bonds is 5. The first-order chi connectivity index (χ1) is 15.3. The minimum absolute atomic E-state index is 0.114. The van der Waals surface area contributed by atoms with Crippen LogP contribution in [0.1, 0.15) is 27.0 Å². The molecular weight excluding hydrogens is 446 g/mol. The number of anilines is 2. The van der Waals surface area contributed by atoms with Crippen LogP contribution in [-0.2, 0) is 10.0 Å². The monoisotopic (exact) mass is 471 g/mol. The maximum absolute atomic E-state index is 13.1. The fraction of sp³-hybridized carbons (Fsp3) is 0.318. The summed E-state index contributed by atoms with van der Waals surface area (Å²) in [5.74, 6) is -0.354. The van der Waals surface area contributed by atoms with Gasteiger partial charge in [-0.15, -0.1) is 10.2 Å². The van der Waals surface area contributed by atoms with E-state index in [-0.39, 0.29) is 15.4 Å². The molecule has 1 amide bonds. The van der Waals surface area contributed by atoms with E-state index in [0.717, 1.165) is 22.6 Å². The summed E-state index contributed by atoms with van der Waals surface area (Å²) in [4.78, 5) is 14.6. The Balaban J connectivity index is 1.42. The number of nitrogens with zero attached hydrogens (tertiary/aromatic N) is 4. The molecule has 1 aliphatic heterocycles. The maximum atomic E-state index is 13.1. The van der Waals surface area contributed by atoms with Gasteiger partial charge in [0.05, 0.1) is 0 Å². The van der Waals surface area contributed by atoms with E-state index < -0.39 is 10.0 Å². The smallest absolute Gasteiger partial charge is 0.272 e. The standard InChI is InChI=1S/C22H25N5O3S2/c1-15-7-9-18(10-8-15)20(28)23-21-24-25-22(31-21)32(29,30)27-13-11-26(12-14-27)19-6-4-5-16(2)17(19)3/h4-10H,11-14H2,1-3H3,(H,23,24,28). The molecule has 10 heteroatoms. The molecule has 1 N–H and O–H groups in total. The van der Waals surface area contributed by atoms with Gasteiger partial charge in [-0.05, 0) is 50.1 Å². The van der Waals surface area contributed by atoms with Gasteiger partial charge in [0.2, 0.25) is 9.47 Å². The first-order valence-corrected chi connectivity index (χ1v) is 12.5. The summed E-state index contributed by atoms with van der Waals surface area (Å²) >= 11 is 0.864. The zero-order valence-electron chi connectivity index (χ0n) is 18.2. The summed E-state index contributed by atoms with van der Waals surface area (Å²) in [6.07, 6.45) is 0. The minimum Gasteiger partial charge on any atom is -0.369 e. The second-order valence-electron chi connectivity index (χ2n) is 7.80. The van der Waals surface area contributed by atoms with Crippen molar-refractivity contribution in [3.8, 4) is 0 Å². The lowest BCUT2D eigenvalue weighted by atomic mass is 10.1. The first-order valence-electron chi connectivity index (χ1n) is 10.3. The van der Waals surface area contributed by atoms with Crippen LogP contribution in [0.2, 0.25) is 0 Å². The van der Waals surface area contributed by atoms with E-state index in [9.17, 15) is 13.2 Å². The largest absolute Gasteiger partial charge is 0.369 e. The Morgan fingerprint density at radius 2 is 1.66 bits per heavy atom. The fourth-order valence-electron chi connectivity index (χ4n) is 3.60. The number of sulfonamides is 1. The molecule has 8 nitrogen and oxygen atoms in total. The molecular formula is C22H25N5O3S2. The quantitative estimate of drug-likeness (QED) is 0.574. The zero-order valence-corrected chi connectivity index (χ0v) is 19.8. The van der Waals surface area contributed by atoms with Crippen LogP contribution in [0.3, 0.4) is 0 Å². The van der Waals surface area contributed by atoms with Crippen molar-refractivity contribution in [1.82, 2.24) is 14.5 Å². The Bertz CT molecular complexity index is 1230. The van der Waals surface area contributed by atoms with Gasteiger partial charge < -0.3 is 4.90 Å². The van der Waals surface area contributed by atoms with Crippen LogP contribution in [0, 0.1) is 20.8 Å². The average Bonchev–Trinajstić information content (AvgIpc) is 3.25. The number of hydrogen-bond acceptors (Lipinski definition) is 7. The lowest BCUT2D eigenvalue weighted by Crippen LogP contribution is -2.48. The number of piperazine rings is 1. The third kappa shape index (κ3) is 4.52. The van der Waals surface area contributed by atoms with Crippen molar-refractivity contribution in [2.75, 3.05) is 36.4 Å². The highest BCUT2D eigenvalue weighted by Gasteiger charge is 2.32. The topological polar surface area (TPSA) is 95.5 Å². The molecule has 0 saturated carbocycles. The van der Waals surface area contributed by atoms with Crippen LogP contribution >= 0.6 is 11.3 Å². The number of benzene rings is 2. The Morgan fingerprint density at radius 3 is 2.34 bits per heavy atom. The van der Waals surface area contributed by atoms with Gasteiger partial charge in [0.15, 0.2) is 0 Å². The Kier molecular flexibility index (Phi) is 6.27. The molecule has 3 aromatic rings. The maximum Gasteiger partial charge on any atom is 0.272 e. The number of aromatic nitrogens is 2. The van der Waals surface area contributed by atoms with Gasteiger partial charge >= 0.3 is 0 Å². The van der Waals surface area contributed by atoms with Gasteiger partial charge in [0, 0.05) is 37.4 Å². The number of carbonyl (C=O) groups is 1. The van der Waals surface area contributed by atoms with E-state index in [4.69, 9.17) is 0 Å². The summed E-state index contributed by atoms with van der Waals surface area (Å²) in [5, 5.41) is 10.5. The van der Waals surface area contributed by atoms with Gasteiger partial charge in [-0.1, -0.05) is 41.2 Å². The number of carbonyl (C=O) groups excluding carboxylic acids is 1. The van der Waals surface area contributed by atoms with Crippen LogP contribution in [0.25, 0.3) is 0 Å². The summed E-state index contributed by atoms with van der Waals surface area (Å²) in [7, 11) is -3.77. The molecule has 1 saturated heterocycles. The van der Waals surface area contributed by atoms with E-state index in [1.165, 1.54) is 15.4 Å². The van der Waals surface area contributed by atoms with E-state index >= 15 is 0 Å². The molecule has 0 atom stereocenters. The normalized spacial score (nSPS) is 15.0. The van der Waals surface area contributed by atoms with Gasteiger partial charge in [-0.25, -0.2) is 8.42 Å². The SMILES string of the molecule is Cc1ccc(C(=O)Nc2nnc(S(=O)(=O)N3CCN(c4cccc(C)c4C)CC3)s2)cc1. The Labute approximate surface area is 191 Å². The van der Waals surface area contributed by atoms with Crippen LogP contribution < -0.4 is 10.2 Å². The molecule has 4 rings (SSSR count). The van der Waals surface area contributed by atoms with Crippen LogP contribution in [0.15, 0.2) is 46.8 Å². The molecule has 1 fully saturated rings. The number of amides is 1. The van der Waals surface area contributed by atoms with Gasteiger partial charge in [0.25, 0.3) is 15.9 Å². The molecule has 0 unspecified atom stereocenters. The van der Waals surface area contributed by atoms with Crippen molar-refractivity contribution in [1.29, 1.82) is 0 Å². The van der Waals surface area contributed by atoms with E-state index in [0.29, 0.717) is 31.7 Å². The second-order valence-corrected chi connectivity index (χ2v) is 10.9. The zero-order chi connectivity index (χ0) is 22.9. The van der Waals surface area contributed by atoms with Crippen molar-refractivity contribution in [2.24, 2.45) is 0 Å². The molecule has 0 bridgehead atoms. The lowest BCUT2D eigenvalue weighted by Gasteiger charge is -2.35. The molecule has 2 aromatic carbocycles. The third-order valence-corrected chi connectivity index (χ3v) is 8.74. The number of hydrogen-bond donors (Lipinski definition) is 1. The third-order valence-electron chi connectivity index (χ3n) is 5.66. The van der Waals surface area contributed by atoms with Crippen molar-refractivity contribution >= 4 is 38.1 Å². The number of aryl methyl sites for hydroxylation is 2. The highest BCUT2D eigenvalue weighted by molar-refractivity contribution is 7.91. The Morgan fingerprint density at radius 1 is 0.969 bits per heavy atom. The molecule has 2 heterocycles. The van der Waals surface area contributed by atoms with Crippen molar-refractivity contribution in [3.05, 3.63) is 64.7 Å². The van der Waals surface area contributed by atoms with Crippen molar-refractivity contribution in [3.63, 3.8) is 0 Å². The molecule has 168 valence electrons. The molecule has 1 aromatic heterocycles. The first kappa shape index (κ1) is 22.4. The Hall–Kier alpha value is -2.82. The second kappa shape index (κ2) is 8.97. The lowest BCUT2D eigenvalue weighted by molar-refractivity contribution is 0.102. The minimum atomic E-state index is -3.77. The van der Waals surface area contributed by atoms with Crippen LogP contribution in [-0.4, -0.2) is 55.0 Å². The summed E-state index contributed by atoms with van der Waals surface area (Å²) < 4.78 is 27.4. The highest BCUT2D eigenvalue weighted by Crippen LogP contribution is 2.27. The fourth-order valence-corrected chi connectivity index (χ4v) is 6.05. The summed E-state index contributed by atoms with van der Waals surface area (Å²) in [5.41, 5.74) is 5.08. The van der Waals surface area contributed by atoms with Crippen LogP contribution in [0.5, 0.6) is 0 Å². The molecule has 0 spiro atoms. The predicted molar refractivity (Wildman–Crippen MR) is 126 cm³/mol. The molecule has 1 aliphatic rings. The van der Waals surface area contributed by atoms with Crippen molar-refractivity contribution in [2.45, 2.75) is 25.1 Å². The van der Waals surface area contributed by atoms with Crippen LogP contribution in [0.4, 0.5) is 10.8 Å². The van der Waals surface area contributed by atoms with E-state index in [2.05, 4.69) is 46.4 Å².